The van der Waals surface area contributed by atoms with E-state index in [2.05, 4.69) is 28.5 Å². The van der Waals surface area contributed by atoms with Crippen molar-refractivity contribution in [1.29, 1.82) is 0 Å². The number of rotatable bonds is 7. The predicted octanol–water partition coefficient (Wildman–Crippen LogP) is 4.49. The summed E-state index contributed by atoms with van der Waals surface area (Å²) in [4.78, 5) is 0.362. The van der Waals surface area contributed by atoms with E-state index < -0.39 is 10.0 Å². The van der Waals surface area contributed by atoms with Gasteiger partial charge in [0.15, 0.2) is 0 Å². The van der Waals surface area contributed by atoms with Gasteiger partial charge in [0, 0.05) is 12.0 Å². The molecule has 1 aromatic heterocycles. The average molecular weight is 364 g/mol. The molecule has 0 bridgehead atoms. The van der Waals surface area contributed by atoms with Gasteiger partial charge in [0.1, 0.15) is 0 Å². The van der Waals surface area contributed by atoms with Crippen LogP contribution in [0.1, 0.15) is 50.2 Å². The van der Waals surface area contributed by atoms with E-state index in [1.165, 1.54) is 24.0 Å². The van der Waals surface area contributed by atoms with Gasteiger partial charge >= 0.3 is 0 Å². The summed E-state index contributed by atoms with van der Waals surface area (Å²) in [5.74, 6) is 0. The monoisotopic (exact) mass is 363 g/mol. The first-order chi connectivity index (χ1) is 11.6. The summed E-state index contributed by atoms with van der Waals surface area (Å²) in [5.41, 5.74) is 2.43. The minimum Gasteiger partial charge on any atom is -0.210 e. The Bertz CT molecular complexity index is 743. The highest BCUT2D eigenvalue weighted by Gasteiger charge is 2.37. The molecule has 1 aliphatic carbocycles. The van der Waals surface area contributed by atoms with Gasteiger partial charge in [-0.2, -0.15) is 11.3 Å². The Morgan fingerprint density at radius 3 is 2.42 bits per heavy atom. The zero-order valence-corrected chi connectivity index (χ0v) is 15.8. The summed E-state index contributed by atoms with van der Waals surface area (Å²) in [6.07, 6.45) is 6.50. The van der Waals surface area contributed by atoms with Crippen LogP contribution in [0.5, 0.6) is 0 Å². The number of aryl methyl sites for hydroxylation is 1. The van der Waals surface area contributed by atoms with E-state index in [4.69, 9.17) is 0 Å². The van der Waals surface area contributed by atoms with Gasteiger partial charge in [0.05, 0.1) is 4.90 Å². The summed E-state index contributed by atoms with van der Waals surface area (Å²) < 4.78 is 28.2. The standard InChI is InChI=1S/C19H25NO2S2/c1-2-5-16-6-8-18(9-7-16)24(21,22)20-15-19(11-3-4-12-19)17-10-13-23-14-17/h6-10,13-14,20H,2-5,11-12,15H2,1H3. The summed E-state index contributed by atoms with van der Waals surface area (Å²) in [7, 11) is -3.46. The van der Waals surface area contributed by atoms with E-state index in [-0.39, 0.29) is 5.41 Å². The molecule has 24 heavy (non-hydrogen) atoms. The smallest absolute Gasteiger partial charge is 0.210 e. The van der Waals surface area contributed by atoms with E-state index in [1.807, 2.05) is 12.1 Å². The number of hydrogen-bond acceptors (Lipinski definition) is 3. The molecule has 5 heteroatoms. The quantitative estimate of drug-likeness (QED) is 0.788. The molecule has 0 amide bonds. The summed E-state index contributed by atoms with van der Waals surface area (Å²) in [5, 5.41) is 4.25. The minimum atomic E-state index is -3.46. The maximum atomic E-state index is 12.7. The summed E-state index contributed by atoms with van der Waals surface area (Å²) in [6.45, 7) is 2.61. The minimum absolute atomic E-state index is 0.0325. The number of nitrogens with one attached hydrogen (secondary N) is 1. The van der Waals surface area contributed by atoms with Crippen LogP contribution >= 0.6 is 11.3 Å². The van der Waals surface area contributed by atoms with Gasteiger partial charge in [-0.25, -0.2) is 13.1 Å². The molecule has 1 aliphatic rings. The maximum Gasteiger partial charge on any atom is 0.240 e. The lowest BCUT2D eigenvalue weighted by Gasteiger charge is -2.28. The van der Waals surface area contributed by atoms with Crippen molar-refractivity contribution >= 4 is 21.4 Å². The lowest BCUT2D eigenvalue weighted by atomic mass is 9.81. The van der Waals surface area contributed by atoms with Crippen molar-refractivity contribution in [3.8, 4) is 0 Å². The van der Waals surface area contributed by atoms with Crippen LogP contribution in [-0.2, 0) is 21.9 Å². The van der Waals surface area contributed by atoms with Gasteiger partial charge in [0.2, 0.25) is 10.0 Å². The fourth-order valence-corrected chi connectivity index (χ4v) is 5.53. The Balaban J connectivity index is 1.74. The van der Waals surface area contributed by atoms with Crippen LogP contribution in [0.25, 0.3) is 0 Å². The molecule has 0 aliphatic heterocycles. The van der Waals surface area contributed by atoms with Crippen LogP contribution in [0.3, 0.4) is 0 Å². The van der Waals surface area contributed by atoms with E-state index in [0.29, 0.717) is 11.4 Å². The molecule has 130 valence electrons. The van der Waals surface area contributed by atoms with Crippen molar-refractivity contribution in [2.24, 2.45) is 0 Å². The van der Waals surface area contributed by atoms with Gasteiger partial charge < -0.3 is 0 Å². The van der Waals surface area contributed by atoms with Gasteiger partial charge in [-0.15, -0.1) is 0 Å². The van der Waals surface area contributed by atoms with Crippen LogP contribution in [0.15, 0.2) is 46.0 Å². The largest absolute Gasteiger partial charge is 0.240 e. The Morgan fingerprint density at radius 1 is 1.12 bits per heavy atom. The van der Waals surface area contributed by atoms with E-state index >= 15 is 0 Å². The Labute approximate surface area is 149 Å². The molecule has 3 rings (SSSR count). The number of hydrogen-bond donors (Lipinski definition) is 1. The van der Waals surface area contributed by atoms with Crippen molar-refractivity contribution < 1.29 is 8.42 Å². The van der Waals surface area contributed by atoms with Crippen molar-refractivity contribution in [2.75, 3.05) is 6.54 Å². The first kappa shape index (κ1) is 17.6. The Kier molecular flexibility index (Phi) is 5.42. The molecule has 1 heterocycles. The first-order valence-corrected chi connectivity index (χ1v) is 11.1. The Hall–Kier alpha value is -1.17. The summed E-state index contributed by atoms with van der Waals surface area (Å²) >= 11 is 1.68. The maximum absolute atomic E-state index is 12.7. The summed E-state index contributed by atoms with van der Waals surface area (Å²) in [6, 6.07) is 9.42. The van der Waals surface area contributed by atoms with Crippen LogP contribution in [0.4, 0.5) is 0 Å². The molecule has 1 aromatic carbocycles. The third-order valence-electron chi connectivity index (χ3n) is 5.07. The van der Waals surface area contributed by atoms with Crippen LogP contribution in [0.2, 0.25) is 0 Å². The Morgan fingerprint density at radius 2 is 1.83 bits per heavy atom. The molecule has 0 spiro atoms. The second kappa shape index (κ2) is 7.38. The zero-order chi connectivity index (χ0) is 17.0. The van der Waals surface area contributed by atoms with Gasteiger partial charge in [-0.05, 0) is 59.3 Å². The second-order valence-corrected chi connectivity index (χ2v) is 9.26. The highest BCUT2D eigenvalue weighted by Crippen LogP contribution is 2.41. The zero-order valence-electron chi connectivity index (χ0n) is 14.1. The normalized spacial score (nSPS) is 17.2. The lowest BCUT2D eigenvalue weighted by Crippen LogP contribution is -2.38. The molecular formula is C19H25NO2S2. The molecule has 2 aromatic rings. The van der Waals surface area contributed by atoms with Crippen molar-refractivity contribution in [2.45, 2.75) is 55.8 Å². The topological polar surface area (TPSA) is 46.2 Å². The van der Waals surface area contributed by atoms with E-state index in [9.17, 15) is 8.42 Å². The number of sulfonamides is 1. The van der Waals surface area contributed by atoms with Crippen LogP contribution in [-0.4, -0.2) is 15.0 Å². The molecule has 1 N–H and O–H groups in total. The molecule has 0 unspecified atom stereocenters. The van der Waals surface area contributed by atoms with Gasteiger partial charge in [-0.1, -0.05) is 38.3 Å². The molecule has 0 atom stereocenters. The first-order valence-electron chi connectivity index (χ1n) is 8.67. The highest BCUT2D eigenvalue weighted by molar-refractivity contribution is 7.89. The van der Waals surface area contributed by atoms with E-state index in [0.717, 1.165) is 25.7 Å². The van der Waals surface area contributed by atoms with Crippen molar-refractivity contribution in [3.63, 3.8) is 0 Å². The lowest BCUT2D eigenvalue weighted by molar-refractivity contribution is 0.433. The van der Waals surface area contributed by atoms with Gasteiger partial charge in [0.25, 0.3) is 0 Å². The van der Waals surface area contributed by atoms with Crippen LogP contribution in [0, 0.1) is 0 Å². The third-order valence-corrected chi connectivity index (χ3v) is 7.17. The molecule has 3 nitrogen and oxygen atoms in total. The SMILES string of the molecule is CCCc1ccc(S(=O)(=O)NCC2(c3ccsc3)CCCC2)cc1. The molecule has 0 radical (unpaired) electrons. The fourth-order valence-electron chi connectivity index (χ4n) is 3.63. The van der Waals surface area contributed by atoms with Gasteiger partial charge in [-0.3, -0.25) is 0 Å². The second-order valence-electron chi connectivity index (χ2n) is 6.72. The van der Waals surface area contributed by atoms with Crippen molar-refractivity contribution in [1.82, 2.24) is 4.72 Å². The van der Waals surface area contributed by atoms with Crippen molar-refractivity contribution in [3.05, 3.63) is 52.2 Å². The highest BCUT2D eigenvalue weighted by atomic mass is 32.2. The fraction of sp³-hybridized carbons (Fsp3) is 0.474. The molecule has 1 saturated carbocycles. The molecular weight excluding hydrogens is 338 g/mol. The third kappa shape index (κ3) is 3.73. The predicted molar refractivity (Wildman–Crippen MR) is 100 cm³/mol. The number of benzene rings is 1. The molecule has 1 fully saturated rings. The van der Waals surface area contributed by atoms with E-state index in [1.54, 1.807) is 23.5 Å². The average Bonchev–Trinajstić information content (AvgIpc) is 3.26. The number of thiophene rings is 1. The molecule has 0 saturated heterocycles. The van der Waals surface area contributed by atoms with Crippen LogP contribution < -0.4 is 4.72 Å².